The monoisotopic (exact) mass is 421 g/mol. The van der Waals surface area contributed by atoms with Gasteiger partial charge in [0.25, 0.3) is 0 Å². The summed E-state index contributed by atoms with van der Waals surface area (Å²) >= 11 is 0. The van der Waals surface area contributed by atoms with Crippen LogP contribution in [-0.2, 0) is 33.9 Å². The van der Waals surface area contributed by atoms with E-state index in [-0.39, 0.29) is 19.5 Å². The van der Waals surface area contributed by atoms with E-state index in [9.17, 15) is 14.4 Å². The summed E-state index contributed by atoms with van der Waals surface area (Å²) in [7, 11) is 0. The number of rotatable bonds is 6. The van der Waals surface area contributed by atoms with Gasteiger partial charge in [0.2, 0.25) is 0 Å². The van der Waals surface area contributed by atoms with Crippen molar-refractivity contribution in [3.05, 3.63) is 0 Å². The van der Waals surface area contributed by atoms with E-state index in [4.69, 9.17) is 47.8 Å². The van der Waals surface area contributed by atoms with Crippen LogP contribution in [0.4, 0.5) is 0 Å². The van der Waals surface area contributed by atoms with Crippen LogP contribution in [-0.4, -0.2) is 85.0 Å². The molecule has 0 aromatic heterocycles. The van der Waals surface area contributed by atoms with E-state index >= 15 is 0 Å². The van der Waals surface area contributed by atoms with Gasteiger partial charge in [-0.3, -0.25) is 14.4 Å². The molecule has 0 saturated carbocycles. The maximum atomic E-state index is 9.86. The Bertz CT molecular complexity index is 337. The molecule has 0 aliphatic heterocycles. The van der Waals surface area contributed by atoms with E-state index < -0.39 is 54.3 Å². The van der Waals surface area contributed by atoms with Crippen LogP contribution in [0.1, 0.15) is 20.8 Å². The molecule has 0 amide bonds. The number of hydrogen-bond donors (Lipinski definition) is 9. The Labute approximate surface area is 157 Å². The largest absolute Gasteiger partial charge is 0.480 e. The fourth-order valence-electron chi connectivity index (χ4n) is 0.619. The second-order valence-corrected chi connectivity index (χ2v) is 4.81. The van der Waals surface area contributed by atoms with E-state index in [1.54, 1.807) is 0 Å². The van der Waals surface area contributed by atoms with Crippen molar-refractivity contribution in [3.63, 3.8) is 0 Å². The standard InChI is InChI=1S/3C4H9NO3.Zn/c3*1-2(6)3(5)4(7)8;/h3*2-3,6H,5H2,1H3,(H,7,8);/t3*2-,3+;/m111./s1. The zero-order valence-electron chi connectivity index (χ0n) is 14.3. The first kappa shape index (κ1) is 31.6. The molecule has 12 nitrogen and oxygen atoms in total. The molecule has 0 aliphatic carbocycles. The van der Waals surface area contributed by atoms with Gasteiger partial charge in [-0.2, -0.15) is 0 Å². The third-order valence-electron chi connectivity index (χ3n) is 2.41. The van der Waals surface area contributed by atoms with Crippen molar-refractivity contribution in [2.45, 2.75) is 57.2 Å². The summed E-state index contributed by atoms with van der Waals surface area (Å²) in [5.41, 5.74) is 14.7. The molecule has 0 fully saturated rings. The first-order valence-electron chi connectivity index (χ1n) is 6.66. The second kappa shape index (κ2) is 16.3. The Balaban J connectivity index is -0.000000130. The molecule has 0 aromatic rings. The molecule has 0 aliphatic rings. The third kappa shape index (κ3) is 19.0. The predicted molar refractivity (Wildman–Crippen MR) is 81.9 cm³/mol. The van der Waals surface area contributed by atoms with Crippen LogP contribution in [0.25, 0.3) is 0 Å². The molecule has 13 heteroatoms. The van der Waals surface area contributed by atoms with Crippen LogP contribution in [0, 0.1) is 0 Å². The normalized spacial score (nSPS) is 16.7. The molecule has 0 bridgehead atoms. The zero-order chi connectivity index (χ0) is 20.2. The van der Waals surface area contributed by atoms with Crippen molar-refractivity contribution >= 4 is 17.9 Å². The summed E-state index contributed by atoms with van der Waals surface area (Å²) in [5, 5.41) is 49.7. The number of carbonyl (C=O) groups is 3. The predicted octanol–water partition coefficient (Wildman–Crippen LogP) is -3.67. The van der Waals surface area contributed by atoms with Crippen LogP contribution < -0.4 is 17.2 Å². The summed E-state index contributed by atoms with van der Waals surface area (Å²) in [4.78, 5) is 29.6. The molecule has 0 radical (unpaired) electrons. The van der Waals surface area contributed by atoms with E-state index in [1.165, 1.54) is 20.8 Å². The minimum Gasteiger partial charge on any atom is -0.480 e. The van der Waals surface area contributed by atoms with Crippen LogP contribution in [0.2, 0.25) is 0 Å². The van der Waals surface area contributed by atoms with Crippen LogP contribution in [0.3, 0.4) is 0 Å². The van der Waals surface area contributed by atoms with Crippen molar-refractivity contribution in [1.29, 1.82) is 0 Å². The fourth-order valence-corrected chi connectivity index (χ4v) is 0.619. The summed E-state index contributed by atoms with van der Waals surface area (Å²) in [6, 6.07) is -3.47. The number of aliphatic carboxylic acids is 3. The zero-order valence-corrected chi connectivity index (χ0v) is 17.3. The molecular weight excluding hydrogens is 396 g/mol. The minimum atomic E-state index is -1.18. The van der Waals surface area contributed by atoms with Gasteiger partial charge in [-0.25, -0.2) is 0 Å². The van der Waals surface area contributed by atoms with E-state index in [2.05, 4.69) is 0 Å². The van der Waals surface area contributed by atoms with Crippen molar-refractivity contribution in [2.24, 2.45) is 17.2 Å². The summed E-state index contributed by atoms with van der Waals surface area (Å²) in [6.45, 7) is 4.00. The van der Waals surface area contributed by atoms with Crippen LogP contribution >= 0.6 is 0 Å². The number of aliphatic hydroxyl groups excluding tert-OH is 3. The molecular formula is C12H27N3O9Zn. The third-order valence-corrected chi connectivity index (χ3v) is 2.41. The van der Waals surface area contributed by atoms with E-state index in [0.29, 0.717) is 0 Å². The van der Waals surface area contributed by atoms with E-state index in [1.807, 2.05) is 0 Å². The SMILES string of the molecule is C[C@@H](O)[C@H](N)C(=O)O.C[C@@H](O)[C@H](N)C(=O)O.C[C@@H](O)[C@H](N)C(=O)O.[Zn]. The average Bonchev–Trinajstić information content (AvgIpc) is 2.45. The van der Waals surface area contributed by atoms with Crippen molar-refractivity contribution in [2.75, 3.05) is 0 Å². The number of nitrogens with two attached hydrogens (primary N) is 3. The van der Waals surface area contributed by atoms with E-state index in [0.717, 1.165) is 0 Å². The van der Waals surface area contributed by atoms with Crippen molar-refractivity contribution in [3.8, 4) is 0 Å². The topological polar surface area (TPSA) is 251 Å². The molecule has 25 heavy (non-hydrogen) atoms. The van der Waals surface area contributed by atoms with Crippen LogP contribution in [0.15, 0.2) is 0 Å². The second-order valence-electron chi connectivity index (χ2n) is 4.81. The van der Waals surface area contributed by atoms with Gasteiger partial charge in [0, 0.05) is 19.5 Å². The molecule has 0 spiro atoms. The molecule has 0 unspecified atom stereocenters. The summed E-state index contributed by atoms with van der Waals surface area (Å²) < 4.78 is 0. The quantitative estimate of drug-likeness (QED) is 0.188. The Morgan fingerprint density at radius 2 is 0.720 bits per heavy atom. The maximum Gasteiger partial charge on any atom is 0.323 e. The van der Waals surface area contributed by atoms with Gasteiger partial charge in [-0.05, 0) is 20.8 Å². The molecule has 6 atom stereocenters. The van der Waals surface area contributed by atoms with Crippen LogP contribution in [0.5, 0.6) is 0 Å². The Hall–Kier alpha value is -1.21. The number of hydrogen-bond acceptors (Lipinski definition) is 9. The Morgan fingerprint density at radius 1 is 0.600 bits per heavy atom. The summed E-state index contributed by atoms with van der Waals surface area (Å²) in [6.07, 6.45) is -2.94. The average molecular weight is 423 g/mol. The first-order chi connectivity index (χ1) is 10.7. The van der Waals surface area contributed by atoms with Gasteiger partial charge >= 0.3 is 17.9 Å². The van der Waals surface area contributed by atoms with Crippen molar-refractivity contribution < 1.29 is 64.5 Å². The number of aliphatic hydroxyl groups is 3. The smallest absolute Gasteiger partial charge is 0.323 e. The van der Waals surface area contributed by atoms with Gasteiger partial charge in [0.05, 0.1) is 18.3 Å². The molecule has 0 saturated heterocycles. The van der Waals surface area contributed by atoms with Crippen molar-refractivity contribution in [1.82, 2.24) is 0 Å². The molecule has 0 heterocycles. The molecule has 146 valence electrons. The molecule has 12 N–H and O–H groups in total. The maximum absolute atomic E-state index is 9.86. The first-order valence-corrected chi connectivity index (χ1v) is 6.66. The van der Waals surface area contributed by atoms with Gasteiger partial charge in [-0.15, -0.1) is 0 Å². The minimum absolute atomic E-state index is 0. The Kier molecular flexibility index (Phi) is 20.5. The summed E-state index contributed by atoms with van der Waals surface area (Å²) in [5.74, 6) is -3.54. The van der Waals surface area contributed by atoms with Gasteiger partial charge in [-0.1, -0.05) is 0 Å². The number of carboxylic acids is 3. The van der Waals surface area contributed by atoms with Gasteiger partial charge in [0.15, 0.2) is 0 Å². The molecule has 0 aromatic carbocycles. The fraction of sp³-hybridized carbons (Fsp3) is 0.750. The molecule has 0 rings (SSSR count). The van der Waals surface area contributed by atoms with Gasteiger partial charge < -0.3 is 47.8 Å². The van der Waals surface area contributed by atoms with Gasteiger partial charge in [0.1, 0.15) is 18.1 Å². The number of carboxylic acid groups (broad SMARTS) is 3. The Morgan fingerprint density at radius 3 is 0.720 bits per heavy atom.